The van der Waals surface area contributed by atoms with Gasteiger partial charge in [-0.25, -0.2) is 13.2 Å². The Morgan fingerprint density at radius 1 is 1.22 bits per heavy atom. The van der Waals surface area contributed by atoms with Crippen LogP contribution in [-0.4, -0.2) is 90.7 Å². The molecular weight excluding hydrogens is 456 g/mol. The van der Waals surface area contributed by atoms with Gasteiger partial charge in [-0.05, 0) is 43.9 Å². The van der Waals surface area contributed by atoms with Crippen LogP contribution >= 0.6 is 11.8 Å². The van der Waals surface area contributed by atoms with Gasteiger partial charge in [-0.1, -0.05) is 12.1 Å². The van der Waals surface area contributed by atoms with Crippen molar-refractivity contribution in [3.05, 3.63) is 35.4 Å². The highest BCUT2D eigenvalue weighted by atomic mass is 32.2. The predicted molar refractivity (Wildman–Crippen MR) is 119 cm³/mol. The summed E-state index contributed by atoms with van der Waals surface area (Å²) in [5, 5.41) is 0. The van der Waals surface area contributed by atoms with E-state index < -0.39 is 51.7 Å². The molecular formula is C21H26N2O7S2. The van der Waals surface area contributed by atoms with Crippen LogP contribution in [0.2, 0.25) is 0 Å². The third kappa shape index (κ3) is 4.83. The van der Waals surface area contributed by atoms with E-state index in [1.54, 1.807) is 12.1 Å². The maximum atomic E-state index is 13.0. The molecule has 1 fully saturated rings. The van der Waals surface area contributed by atoms with Crippen LogP contribution in [0.4, 0.5) is 0 Å². The second-order valence-electron chi connectivity index (χ2n) is 7.91. The Kier molecular flexibility index (Phi) is 7.29. The molecule has 9 nitrogen and oxygen atoms in total. The van der Waals surface area contributed by atoms with E-state index in [2.05, 4.69) is 0 Å². The van der Waals surface area contributed by atoms with E-state index in [9.17, 15) is 27.6 Å². The van der Waals surface area contributed by atoms with Gasteiger partial charge >= 0.3 is 5.97 Å². The van der Waals surface area contributed by atoms with Crippen LogP contribution in [0, 0.1) is 0 Å². The molecule has 0 bridgehead atoms. The fraction of sp³-hybridized carbons (Fsp3) is 0.524. The third-order valence-electron chi connectivity index (χ3n) is 5.75. The first-order valence-corrected chi connectivity index (χ1v) is 13.4. The van der Waals surface area contributed by atoms with Gasteiger partial charge in [-0.2, -0.15) is 11.8 Å². The highest BCUT2D eigenvalue weighted by molar-refractivity contribution is 7.98. The van der Waals surface area contributed by atoms with Gasteiger partial charge in [0.05, 0.1) is 22.6 Å². The molecule has 1 aromatic carbocycles. The van der Waals surface area contributed by atoms with Gasteiger partial charge in [0.25, 0.3) is 17.7 Å². The van der Waals surface area contributed by atoms with Gasteiger partial charge in [0, 0.05) is 13.1 Å². The first-order valence-electron chi connectivity index (χ1n) is 10.2. The lowest BCUT2D eigenvalue weighted by atomic mass is 10.1. The summed E-state index contributed by atoms with van der Waals surface area (Å²) >= 11 is 1.45. The number of hydrogen-bond donors (Lipinski definition) is 0. The number of imide groups is 1. The van der Waals surface area contributed by atoms with Crippen molar-refractivity contribution in [2.45, 2.75) is 38.0 Å². The van der Waals surface area contributed by atoms with E-state index in [1.165, 1.54) is 42.8 Å². The largest absolute Gasteiger partial charge is 0.451 e. The Bertz CT molecular complexity index is 1010. The summed E-state index contributed by atoms with van der Waals surface area (Å²) in [7, 11) is -1.70. The standard InChI is InChI=1S/C21H26N2O7S2/c1-13(18(24)22(2)14-9-11-32(28,29)12-14)30-21(27)17(8-10-31-3)23-19(25)15-6-4-5-7-16(15)20(23)26/h4-7,13-14,17H,8-12H2,1-3H3. The van der Waals surface area contributed by atoms with E-state index in [4.69, 9.17) is 4.74 Å². The molecule has 0 aromatic heterocycles. The van der Waals surface area contributed by atoms with Gasteiger partial charge in [0.15, 0.2) is 15.9 Å². The number of carbonyl (C=O) groups excluding carboxylic acids is 4. The maximum Gasteiger partial charge on any atom is 0.330 e. The van der Waals surface area contributed by atoms with Crippen molar-refractivity contribution in [1.29, 1.82) is 0 Å². The highest BCUT2D eigenvalue weighted by Gasteiger charge is 2.44. The van der Waals surface area contributed by atoms with E-state index in [0.717, 1.165) is 4.90 Å². The number of rotatable bonds is 8. The van der Waals surface area contributed by atoms with Crippen LogP contribution in [0.25, 0.3) is 0 Å². The number of nitrogens with zero attached hydrogens (tertiary/aromatic N) is 2. The van der Waals surface area contributed by atoms with Crippen LogP contribution < -0.4 is 0 Å². The number of hydrogen-bond acceptors (Lipinski definition) is 8. The molecule has 3 unspecified atom stereocenters. The zero-order chi connectivity index (χ0) is 23.6. The number of sulfone groups is 1. The average molecular weight is 483 g/mol. The van der Waals surface area contributed by atoms with Crippen LogP contribution in [0.1, 0.15) is 40.5 Å². The number of amides is 3. The van der Waals surface area contributed by atoms with E-state index in [0.29, 0.717) is 12.2 Å². The molecule has 32 heavy (non-hydrogen) atoms. The number of carbonyl (C=O) groups is 4. The zero-order valence-corrected chi connectivity index (χ0v) is 19.8. The zero-order valence-electron chi connectivity index (χ0n) is 18.1. The topological polar surface area (TPSA) is 118 Å². The Morgan fingerprint density at radius 3 is 2.31 bits per heavy atom. The van der Waals surface area contributed by atoms with Crippen LogP contribution in [0.15, 0.2) is 24.3 Å². The first-order chi connectivity index (χ1) is 15.1. The van der Waals surface area contributed by atoms with Crippen molar-refractivity contribution in [2.75, 3.05) is 30.6 Å². The second kappa shape index (κ2) is 9.62. The number of ether oxygens (including phenoxy) is 1. The third-order valence-corrected chi connectivity index (χ3v) is 8.14. The van der Waals surface area contributed by atoms with Crippen molar-refractivity contribution in [1.82, 2.24) is 9.80 Å². The molecule has 2 aliphatic heterocycles. The molecule has 2 heterocycles. The Hall–Kier alpha value is -2.40. The lowest BCUT2D eigenvalue weighted by molar-refractivity contribution is -0.162. The number of fused-ring (bicyclic) bond motifs is 1. The smallest absolute Gasteiger partial charge is 0.330 e. The van der Waals surface area contributed by atoms with Crippen molar-refractivity contribution in [3.8, 4) is 0 Å². The lowest BCUT2D eigenvalue weighted by Crippen LogP contribution is -2.49. The fourth-order valence-electron chi connectivity index (χ4n) is 3.92. The minimum atomic E-state index is -3.18. The SMILES string of the molecule is CSCCC(C(=O)OC(C)C(=O)N(C)C1CCS(=O)(=O)C1)N1C(=O)c2ccccc2C1=O. The number of benzene rings is 1. The van der Waals surface area contributed by atoms with Gasteiger partial charge < -0.3 is 9.64 Å². The molecule has 2 aliphatic rings. The molecule has 0 saturated carbocycles. The van der Waals surface area contributed by atoms with Crippen LogP contribution in [-0.2, 0) is 24.2 Å². The Balaban J connectivity index is 1.73. The number of thioether (sulfide) groups is 1. The Morgan fingerprint density at radius 2 is 1.81 bits per heavy atom. The van der Waals surface area contributed by atoms with E-state index in [-0.39, 0.29) is 29.1 Å². The van der Waals surface area contributed by atoms with E-state index >= 15 is 0 Å². The molecule has 0 aliphatic carbocycles. The minimum Gasteiger partial charge on any atom is -0.451 e. The summed E-state index contributed by atoms with van der Waals surface area (Å²) in [6, 6.07) is 4.71. The molecule has 3 rings (SSSR count). The fourth-order valence-corrected chi connectivity index (χ4v) is 6.16. The predicted octanol–water partition coefficient (Wildman–Crippen LogP) is 0.982. The van der Waals surface area contributed by atoms with Crippen molar-refractivity contribution >= 4 is 45.3 Å². The van der Waals surface area contributed by atoms with Crippen LogP contribution in [0.5, 0.6) is 0 Å². The van der Waals surface area contributed by atoms with Crippen molar-refractivity contribution in [3.63, 3.8) is 0 Å². The molecule has 0 spiro atoms. The van der Waals surface area contributed by atoms with Gasteiger partial charge in [0.2, 0.25) is 0 Å². The molecule has 0 radical (unpaired) electrons. The average Bonchev–Trinajstić information content (AvgIpc) is 3.25. The highest BCUT2D eigenvalue weighted by Crippen LogP contribution is 2.27. The molecule has 0 N–H and O–H groups in total. The monoisotopic (exact) mass is 482 g/mol. The minimum absolute atomic E-state index is 0.0138. The summed E-state index contributed by atoms with van der Waals surface area (Å²) in [5.41, 5.74) is 0.455. The normalized spacial score (nSPS) is 21.2. The molecule has 1 saturated heterocycles. The van der Waals surface area contributed by atoms with Crippen molar-refractivity contribution < 1.29 is 32.3 Å². The maximum absolute atomic E-state index is 13.0. The number of likely N-dealkylation sites (N-methyl/N-ethyl adjacent to an activating group) is 1. The van der Waals surface area contributed by atoms with Gasteiger partial charge in [-0.15, -0.1) is 0 Å². The van der Waals surface area contributed by atoms with Gasteiger partial charge in [-0.3, -0.25) is 19.3 Å². The van der Waals surface area contributed by atoms with E-state index in [1.807, 2.05) is 6.26 Å². The molecule has 3 atom stereocenters. The summed E-state index contributed by atoms with van der Waals surface area (Å²) in [4.78, 5) is 53.6. The quantitative estimate of drug-likeness (QED) is 0.398. The summed E-state index contributed by atoms with van der Waals surface area (Å²) in [6.07, 6.45) is 1.16. The summed E-state index contributed by atoms with van der Waals surface area (Å²) in [5.74, 6) is -2.13. The van der Waals surface area contributed by atoms with Crippen molar-refractivity contribution in [2.24, 2.45) is 0 Å². The summed E-state index contributed by atoms with van der Waals surface area (Å²) < 4.78 is 28.8. The summed E-state index contributed by atoms with van der Waals surface area (Å²) in [6.45, 7) is 1.40. The molecule has 11 heteroatoms. The second-order valence-corrected chi connectivity index (χ2v) is 11.1. The molecule has 3 amide bonds. The lowest BCUT2D eigenvalue weighted by Gasteiger charge is -2.29. The first kappa shape index (κ1) is 24.2. The number of esters is 1. The Labute approximate surface area is 191 Å². The van der Waals surface area contributed by atoms with Gasteiger partial charge in [0.1, 0.15) is 6.04 Å². The molecule has 1 aromatic rings. The molecule has 174 valence electrons. The van der Waals surface area contributed by atoms with Crippen LogP contribution in [0.3, 0.4) is 0 Å².